The summed E-state index contributed by atoms with van der Waals surface area (Å²) in [6.45, 7) is 1.11. The van der Waals surface area contributed by atoms with Crippen LogP contribution in [0.1, 0.15) is 23.6 Å². The van der Waals surface area contributed by atoms with Crippen molar-refractivity contribution in [2.24, 2.45) is 0 Å². The van der Waals surface area contributed by atoms with Crippen LogP contribution in [0.3, 0.4) is 0 Å². The normalized spacial score (nSPS) is 17.6. The first-order valence-electron chi connectivity index (χ1n) is 7.35. The van der Waals surface area contributed by atoms with E-state index in [0.717, 1.165) is 5.56 Å². The van der Waals surface area contributed by atoms with Crippen molar-refractivity contribution in [2.75, 3.05) is 18.9 Å². The number of H-pyrrole nitrogens is 1. The van der Waals surface area contributed by atoms with Crippen LogP contribution in [-0.2, 0) is 11.3 Å². The van der Waals surface area contributed by atoms with Crippen LogP contribution in [0.4, 0.5) is 5.95 Å². The maximum atomic E-state index is 11.8. The van der Waals surface area contributed by atoms with Crippen LogP contribution in [0, 0.1) is 0 Å². The van der Waals surface area contributed by atoms with Gasteiger partial charge in [0.15, 0.2) is 0 Å². The first-order chi connectivity index (χ1) is 11.0. The van der Waals surface area contributed by atoms with E-state index in [1.54, 1.807) is 11.9 Å². The van der Waals surface area contributed by atoms with Crippen molar-refractivity contribution in [2.45, 2.75) is 18.9 Å². The molecule has 1 atom stereocenters. The quantitative estimate of drug-likeness (QED) is 0.897. The maximum Gasteiger partial charge on any atom is 0.252 e. The van der Waals surface area contributed by atoms with Gasteiger partial charge in [-0.1, -0.05) is 23.7 Å². The number of carbonyl (C=O) groups is 1. The smallest absolute Gasteiger partial charge is 0.252 e. The lowest BCUT2D eigenvalue weighted by atomic mass is 10.0. The summed E-state index contributed by atoms with van der Waals surface area (Å²) in [4.78, 5) is 32.3. The van der Waals surface area contributed by atoms with Crippen LogP contribution in [0.5, 0.6) is 0 Å². The van der Waals surface area contributed by atoms with Crippen LogP contribution < -0.4 is 10.9 Å². The Bertz CT molecular complexity index is 772. The average molecular weight is 333 g/mol. The van der Waals surface area contributed by atoms with Gasteiger partial charge in [-0.2, -0.15) is 0 Å². The number of aromatic nitrogens is 2. The summed E-state index contributed by atoms with van der Waals surface area (Å²) >= 11 is 5.85. The molecule has 1 aromatic carbocycles. The number of aromatic amines is 1. The molecule has 0 radical (unpaired) electrons. The van der Waals surface area contributed by atoms with Gasteiger partial charge in [0.1, 0.15) is 0 Å². The molecule has 1 saturated heterocycles. The Morgan fingerprint density at radius 1 is 1.35 bits per heavy atom. The van der Waals surface area contributed by atoms with Crippen molar-refractivity contribution in [1.82, 2.24) is 14.9 Å². The van der Waals surface area contributed by atoms with E-state index < -0.39 is 0 Å². The van der Waals surface area contributed by atoms with Crippen molar-refractivity contribution in [3.05, 3.63) is 57.0 Å². The summed E-state index contributed by atoms with van der Waals surface area (Å²) in [6, 6.07) is 8.89. The third kappa shape index (κ3) is 3.71. The number of carbonyl (C=O) groups excluding carboxylic acids is 1. The second-order valence-corrected chi connectivity index (χ2v) is 6.11. The highest BCUT2D eigenvalue weighted by molar-refractivity contribution is 6.30. The summed E-state index contributed by atoms with van der Waals surface area (Å²) in [5, 5.41) is 3.78. The Morgan fingerprint density at radius 2 is 2.09 bits per heavy atom. The van der Waals surface area contributed by atoms with E-state index in [1.165, 1.54) is 6.07 Å². The topological polar surface area (TPSA) is 78.1 Å². The minimum Gasteiger partial charge on any atom is -0.352 e. The van der Waals surface area contributed by atoms with Crippen molar-refractivity contribution >= 4 is 23.5 Å². The monoisotopic (exact) mass is 332 g/mol. The molecule has 120 valence electrons. The summed E-state index contributed by atoms with van der Waals surface area (Å²) in [5.74, 6) is 0.447. The first-order valence-corrected chi connectivity index (χ1v) is 7.72. The van der Waals surface area contributed by atoms with Crippen LogP contribution >= 0.6 is 11.6 Å². The maximum absolute atomic E-state index is 11.8. The van der Waals surface area contributed by atoms with E-state index in [0.29, 0.717) is 36.2 Å². The summed E-state index contributed by atoms with van der Waals surface area (Å²) in [5.41, 5.74) is 1.44. The minimum absolute atomic E-state index is 0.0362. The largest absolute Gasteiger partial charge is 0.352 e. The molecule has 2 aromatic rings. The molecule has 23 heavy (non-hydrogen) atoms. The van der Waals surface area contributed by atoms with Gasteiger partial charge in [0.05, 0.1) is 5.69 Å². The zero-order valence-corrected chi connectivity index (χ0v) is 13.4. The number of amides is 1. The highest BCUT2D eigenvalue weighted by Crippen LogP contribution is 2.25. The second kappa shape index (κ2) is 6.42. The zero-order chi connectivity index (χ0) is 16.4. The Balaban J connectivity index is 1.74. The van der Waals surface area contributed by atoms with E-state index in [1.807, 2.05) is 24.3 Å². The molecule has 1 fully saturated rings. The van der Waals surface area contributed by atoms with Gasteiger partial charge >= 0.3 is 0 Å². The van der Waals surface area contributed by atoms with Crippen LogP contribution in [-0.4, -0.2) is 34.4 Å². The SMILES string of the molecule is CN1C[C@@H](c2cc(=O)[nH]c(NCc3ccc(Cl)cc3)n2)CC1=O. The van der Waals surface area contributed by atoms with Gasteiger partial charge in [0.2, 0.25) is 11.9 Å². The fourth-order valence-corrected chi connectivity index (χ4v) is 2.74. The zero-order valence-electron chi connectivity index (χ0n) is 12.7. The molecule has 2 N–H and O–H groups in total. The first kappa shape index (κ1) is 15.6. The molecule has 0 aliphatic carbocycles. The number of anilines is 1. The van der Waals surface area contributed by atoms with E-state index in [4.69, 9.17) is 11.6 Å². The van der Waals surface area contributed by atoms with Gasteiger partial charge in [-0.05, 0) is 17.7 Å². The number of halogens is 1. The fraction of sp³-hybridized carbons (Fsp3) is 0.312. The Morgan fingerprint density at radius 3 is 2.74 bits per heavy atom. The Hall–Kier alpha value is -2.34. The molecule has 0 bridgehead atoms. The van der Waals surface area contributed by atoms with Crippen LogP contribution in [0.15, 0.2) is 35.1 Å². The van der Waals surface area contributed by atoms with E-state index in [9.17, 15) is 9.59 Å². The van der Waals surface area contributed by atoms with Crippen molar-refractivity contribution < 1.29 is 4.79 Å². The number of likely N-dealkylation sites (N-methyl/N-ethyl adjacent to an activating group) is 1. The van der Waals surface area contributed by atoms with Crippen molar-refractivity contribution in [1.29, 1.82) is 0 Å². The Kier molecular flexibility index (Phi) is 4.34. The third-order valence-corrected chi connectivity index (χ3v) is 4.15. The van der Waals surface area contributed by atoms with Crippen LogP contribution in [0.25, 0.3) is 0 Å². The predicted octanol–water partition coefficient (Wildman–Crippen LogP) is 1.98. The molecule has 0 unspecified atom stereocenters. The van der Waals surface area contributed by atoms with Gasteiger partial charge in [0, 0.05) is 43.6 Å². The highest BCUT2D eigenvalue weighted by atomic mass is 35.5. The van der Waals surface area contributed by atoms with E-state index in [2.05, 4.69) is 15.3 Å². The third-order valence-electron chi connectivity index (χ3n) is 3.89. The van der Waals surface area contributed by atoms with E-state index >= 15 is 0 Å². The summed E-state index contributed by atoms with van der Waals surface area (Å²) in [6.07, 6.45) is 0.392. The molecule has 0 saturated carbocycles. The lowest BCUT2D eigenvalue weighted by Crippen LogP contribution is -2.19. The lowest BCUT2D eigenvalue weighted by molar-refractivity contribution is -0.126. The molecule has 6 nitrogen and oxygen atoms in total. The second-order valence-electron chi connectivity index (χ2n) is 5.67. The summed E-state index contributed by atoms with van der Waals surface area (Å²) in [7, 11) is 1.76. The molecule has 2 heterocycles. The van der Waals surface area contributed by atoms with E-state index in [-0.39, 0.29) is 17.4 Å². The lowest BCUT2D eigenvalue weighted by Gasteiger charge is -2.11. The molecule has 1 aromatic heterocycles. The average Bonchev–Trinajstić information content (AvgIpc) is 2.86. The number of benzene rings is 1. The van der Waals surface area contributed by atoms with Crippen molar-refractivity contribution in [3.63, 3.8) is 0 Å². The molecule has 7 heteroatoms. The number of hydrogen-bond donors (Lipinski definition) is 2. The number of nitrogens with one attached hydrogen (secondary N) is 2. The van der Waals surface area contributed by atoms with Gasteiger partial charge < -0.3 is 10.2 Å². The standard InChI is InChI=1S/C16H17ClN4O2/c1-21-9-11(6-15(21)23)13-7-14(22)20-16(19-13)18-8-10-2-4-12(17)5-3-10/h2-5,7,11H,6,8-9H2,1H3,(H2,18,19,20,22)/t11-/m0/s1. The van der Waals surface area contributed by atoms with Crippen LogP contribution in [0.2, 0.25) is 5.02 Å². The predicted molar refractivity (Wildman–Crippen MR) is 88.6 cm³/mol. The minimum atomic E-state index is -0.226. The molecule has 1 aliphatic heterocycles. The number of nitrogens with zero attached hydrogens (tertiary/aromatic N) is 2. The molecular formula is C16H17ClN4O2. The molecule has 1 amide bonds. The van der Waals surface area contributed by atoms with Gasteiger partial charge in [-0.3, -0.25) is 14.6 Å². The van der Waals surface area contributed by atoms with Gasteiger partial charge in [-0.25, -0.2) is 4.98 Å². The van der Waals surface area contributed by atoms with Gasteiger partial charge in [0.25, 0.3) is 5.56 Å². The fourth-order valence-electron chi connectivity index (χ4n) is 2.62. The Labute approximate surface area is 138 Å². The molecule has 0 spiro atoms. The number of hydrogen-bond acceptors (Lipinski definition) is 4. The molecule has 1 aliphatic rings. The summed E-state index contributed by atoms with van der Waals surface area (Å²) < 4.78 is 0. The van der Waals surface area contributed by atoms with Gasteiger partial charge in [-0.15, -0.1) is 0 Å². The van der Waals surface area contributed by atoms with Crippen molar-refractivity contribution in [3.8, 4) is 0 Å². The number of likely N-dealkylation sites (tertiary alicyclic amines) is 1. The molecule has 3 rings (SSSR count). The molecular weight excluding hydrogens is 316 g/mol. The highest BCUT2D eigenvalue weighted by Gasteiger charge is 2.29. The number of rotatable bonds is 4.